The topological polar surface area (TPSA) is 132 Å². The summed E-state index contributed by atoms with van der Waals surface area (Å²) < 4.78 is 29.0. The van der Waals surface area contributed by atoms with Gasteiger partial charge in [-0.2, -0.15) is 0 Å². The van der Waals surface area contributed by atoms with Crippen molar-refractivity contribution < 1.29 is 47.7 Å². The van der Waals surface area contributed by atoms with Crippen LogP contribution in [0.4, 0.5) is 0 Å². The fourth-order valence-corrected chi connectivity index (χ4v) is 10.3. The van der Waals surface area contributed by atoms with E-state index in [4.69, 9.17) is 23.7 Å². The Morgan fingerprint density at radius 2 is 1.49 bits per heavy atom. The summed E-state index contributed by atoms with van der Waals surface area (Å²) in [6, 6.07) is 0. The fraction of sp³-hybridized carbons (Fsp3) is 0.788. The van der Waals surface area contributed by atoms with Crippen LogP contribution in [0.15, 0.2) is 11.6 Å². The van der Waals surface area contributed by atoms with Gasteiger partial charge >= 0.3 is 29.8 Å². The fourth-order valence-electron chi connectivity index (χ4n) is 10.3. The summed E-state index contributed by atoms with van der Waals surface area (Å²) in [4.78, 5) is 62.2. The average molecular weight is 603 g/mol. The third-order valence-corrected chi connectivity index (χ3v) is 11.9. The van der Waals surface area contributed by atoms with E-state index in [0.717, 1.165) is 19.3 Å². The molecule has 238 valence electrons. The molecule has 0 aromatic carbocycles. The maximum atomic E-state index is 13.1. The lowest BCUT2D eigenvalue weighted by Crippen LogP contribution is -2.67. The maximum Gasteiger partial charge on any atom is 0.347 e. The van der Waals surface area contributed by atoms with Crippen molar-refractivity contribution in [2.45, 2.75) is 118 Å². The number of hydrogen-bond donors (Lipinski definition) is 0. The highest BCUT2D eigenvalue weighted by molar-refractivity contribution is 5.79. The molecule has 0 radical (unpaired) electrons. The number of esters is 5. The number of allylic oxidation sites excluding steroid dienone is 1. The third kappa shape index (κ3) is 4.96. The molecule has 2 saturated heterocycles. The Morgan fingerprint density at radius 1 is 0.860 bits per heavy atom. The van der Waals surface area contributed by atoms with Gasteiger partial charge in [0.15, 0.2) is 6.10 Å². The van der Waals surface area contributed by atoms with Crippen LogP contribution < -0.4 is 0 Å². The molecule has 2 heterocycles. The SMILES string of the molecule is CC(=O)OC1CC(C2CC=C3C2(C)CCC2C3(C)C(OC(C)=O)CC3C(C)(C)OC(=O)CC(OC(C)=O)C32C)COC1=O. The highest BCUT2D eigenvalue weighted by Crippen LogP contribution is 2.72. The zero-order valence-corrected chi connectivity index (χ0v) is 26.7. The van der Waals surface area contributed by atoms with Crippen molar-refractivity contribution in [3.8, 4) is 0 Å². The van der Waals surface area contributed by atoms with Crippen LogP contribution in [0.25, 0.3) is 0 Å². The van der Waals surface area contributed by atoms with Gasteiger partial charge in [0.25, 0.3) is 0 Å². The minimum Gasteiger partial charge on any atom is -0.463 e. The zero-order valence-electron chi connectivity index (χ0n) is 26.7. The summed E-state index contributed by atoms with van der Waals surface area (Å²) >= 11 is 0. The minimum absolute atomic E-state index is 0.0170. The van der Waals surface area contributed by atoms with Gasteiger partial charge in [0.2, 0.25) is 0 Å². The molecule has 3 aliphatic carbocycles. The van der Waals surface area contributed by atoms with Crippen molar-refractivity contribution in [2.75, 3.05) is 6.61 Å². The Labute approximate surface area is 253 Å². The van der Waals surface area contributed by atoms with E-state index in [9.17, 15) is 24.0 Å². The Bertz CT molecular complexity index is 1250. The first-order chi connectivity index (χ1) is 19.9. The highest BCUT2D eigenvalue weighted by atomic mass is 16.6. The van der Waals surface area contributed by atoms with Crippen molar-refractivity contribution in [1.29, 1.82) is 0 Å². The molecule has 10 unspecified atom stereocenters. The zero-order chi connectivity index (χ0) is 31.7. The number of cyclic esters (lactones) is 2. The molecule has 0 amide bonds. The summed E-state index contributed by atoms with van der Waals surface area (Å²) in [5.74, 6) is -2.50. The molecule has 10 heteroatoms. The molecular weight excluding hydrogens is 556 g/mol. The smallest absolute Gasteiger partial charge is 0.347 e. The summed E-state index contributed by atoms with van der Waals surface area (Å²) in [5.41, 5.74) is -1.27. The van der Waals surface area contributed by atoms with Gasteiger partial charge in [0.1, 0.15) is 17.8 Å². The first kappa shape index (κ1) is 31.5. The lowest BCUT2D eigenvalue weighted by Gasteiger charge is -2.66. The molecule has 5 aliphatic rings. The van der Waals surface area contributed by atoms with Gasteiger partial charge in [-0.1, -0.05) is 32.4 Å². The highest BCUT2D eigenvalue weighted by Gasteiger charge is 2.71. The second-order valence-electron chi connectivity index (χ2n) is 14.6. The van der Waals surface area contributed by atoms with Gasteiger partial charge in [-0.25, -0.2) is 4.79 Å². The lowest BCUT2D eigenvalue weighted by atomic mass is 9.39. The summed E-state index contributed by atoms with van der Waals surface area (Å²) in [7, 11) is 0. The Hall–Kier alpha value is -2.91. The molecule has 0 aromatic heterocycles. The first-order valence-electron chi connectivity index (χ1n) is 15.6. The Morgan fingerprint density at radius 3 is 2.12 bits per heavy atom. The predicted octanol–water partition coefficient (Wildman–Crippen LogP) is 4.47. The van der Waals surface area contributed by atoms with Gasteiger partial charge in [0, 0.05) is 49.9 Å². The quantitative estimate of drug-likeness (QED) is 0.258. The van der Waals surface area contributed by atoms with E-state index in [0.29, 0.717) is 12.8 Å². The number of hydrogen-bond acceptors (Lipinski definition) is 10. The minimum atomic E-state index is -0.922. The molecule has 0 spiro atoms. The lowest BCUT2D eigenvalue weighted by molar-refractivity contribution is -0.227. The molecule has 0 aromatic rings. The van der Waals surface area contributed by atoms with Gasteiger partial charge in [0.05, 0.1) is 13.0 Å². The van der Waals surface area contributed by atoms with Crippen LogP contribution in [0.1, 0.15) is 93.9 Å². The Kier molecular flexibility index (Phi) is 7.78. The average Bonchev–Trinajstić information content (AvgIpc) is 3.20. The molecule has 43 heavy (non-hydrogen) atoms. The van der Waals surface area contributed by atoms with E-state index in [2.05, 4.69) is 26.8 Å². The first-order valence-corrected chi connectivity index (χ1v) is 15.6. The van der Waals surface area contributed by atoms with Crippen LogP contribution in [0.5, 0.6) is 0 Å². The van der Waals surface area contributed by atoms with Gasteiger partial charge < -0.3 is 23.7 Å². The van der Waals surface area contributed by atoms with Crippen LogP contribution in [-0.2, 0) is 47.7 Å². The van der Waals surface area contributed by atoms with E-state index in [1.807, 2.05) is 13.8 Å². The van der Waals surface area contributed by atoms with Crippen LogP contribution in [0, 0.1) is 39.9 Å². The van der Waals surface area contributed by atoms with E-state index < -0.39 is 58.6 Å². The van der Waals surface area contributed by atoms with Crippen LogP contribution in [-0.4, -0.2) is 60.4 Å². The maximum absolute atomic E-state index is 13.1. The summed E-state index contributed by atoms with van der Waals surface area (Å²) in [6.07, 6.45) is 3.26. The molecular formula is C33H46O10. The number of rotatable bonds is 4. The molecule has 10 nitrogen and oxygen atoms in total. The largest absolute Gasteiger partial charge is 0.463 e. The molecule has 10 atom stereocenters. The van der Waals surface area contributed by atoms with Crippen LogP contribution in [0.3, 0.4) is 0 Å². The summed E-state index contributed by atoms with van der Waals surface area (Å²) in [6.45, 7) is 14.7. The van der Waals surface area contributed by atoms with E-state index in [1.165, 1.54) is 26.3 Å². The molecule has 0 bridgehead atoms. The van der Waals surface area contributed by atoms with E-state index in [-0.39, 0.29) is 48.1 Å². The predicted molar refractivity (Wildman–Crippen MR) is 152 cm³/mol. The molecule has 0 N–H and O–H groups in total. The van der Waals surface area contributed by atoms with Crippen molar-refractivity contribution in [1.82, 2.24) is 0 Å². The second-order valence-corrected chi connectivity index (χ2v) is 14.6. The number of fused-ring (bicyclic) bond motifs is 5. The molecule has 2 saturated carbocycles. The van der Waals surface area contributed by atoms with E-state index in [1.54, 1.807) is 0 Å². The van der Waals surface area contributed by atoms with Crippen LogP contribution in [0.2, 0.25) is 0 Å². The van der Waals surface area contributed by atoms with Crippen molar-refractivity contribution in [3.05, 3.63) is 11.6 Å². The number of carbonyl (C=O) groups excluding carboxylic acids is 5. The van der Waals surface area contributed by atoms with Gasteiger partial charge in [-0.05, 0) is 56.8 Å². The standard InChI is InChI=1S/C33H46O10/c1-17(34)40-22-13-20(16-39-29(22)38)21-9-10-23-31(21,6)12-11-24-32(23,7)26(41-18(2)35)14-25-30(4,5)43-28(37)15-27(33(24,25)8)42-19(3)36/h10,20-22,24-27H,9,11-16H2,1-8H3. The van der Waals surface area contributed by atoms with E-state index >= 15 is 0 Å². The monoisotopic (exact) mass is 602 g/mol. The molecule has 4 fully saturated rings. The van der Waals surface area contributed by atoms with Gasteiger partial charge in [-0.15, -0.1) is 0 Å². The van der Waals surface area contributed by atoms with Crippen molar-refractivity contribution in [3.63, 3.8) is 0 Å². The van der Waals surface area contributed by atoms with Crippen LogP contribution >= 0.6 is 0 Å². The molecule has 2 aliphatic heterocycles. The summed E-state index contributed by atoms with van der Waals surface area (Å²) in [5, 5.41) is 0. The number of carbonyl (C=O) groups is 5. The second kappa shape index (κ2) is 10.6. The normalized spacial score (nSPS) is 43.3. The Balaban J connectivity index is 1.58. The third-order valence-electron chi connectivity index (χ3n) is 11.9. The molecule has 5 rings (SSSR count). The van der Waals surface area contributed by atoms with Crippen molar-refractivity contribution >= 4 is 29.8 Å². The van der Waals surface area contributed by atoms with Gasteiger partial charge in [-0.3, -0.25) is 19.2 Å². The van der Waals surface area contributed by atoms with Crippen molar-refractivity contribution in [2.24, 2.45) is 39.9 Å². The number of ether oxygens (including phenoxy) is 5.